The molecule has 21 heavy (non-hydrogen) atoms. The van der Waals surface area contributed by atoms with Crippen molar-refractivity contribution in [1.29, 1.82) is 0 Å². The van der Waals surface area contributed by atoms with Gasteiger partial charge in [-0.2, -0.15) is 0 Å². The van der Waals surface area contributed by atoms with Gasteiger partial charge in [0.2, 0.25) is 0 Å². The molecule has 1 aliphatic heterocycles. The number of pyridine rings is 1. The summed E-state index contributed by atoms with van der Waals surface area (Å²) in [6.07, 6.45) is 6.96. The number of aromatic nitrogens is 1. The fraction of sp³-hybridized carbons (Fsp3) is 0.667. The molecule has 1 aromatic heterocycles. The van der Waals surface area contributed by atoms with Gasteiger partial charge in [0.05, 0.1) is 17.1 Å². The zero-order valence-electron chi connectivity index (χ0n) is 12.7. The van der Waals surface area contributed by atoms with Gasteiger partial charge in [-0.05, 0) is 19.3 Å². The van der Waals surface area contributed by atoms with E-state index < -0.39 is 0 Å². The van der Waals surface area contributed by atoms with Gasteiger partial charge >= 0.3 is 0 Å². The Balaban J connectivity index is 2.22. The molecule has 116 valence electrons. The molecular formula is C15H24N4O2. The third-order valence-electron chi connectivity index (χ3n) is 3.74. The van der Waals surface area contributed by atoms with Crippen molar-refractivity contribution in [2.45, 2.75) is 45.4 Å². The number of nitro groups is 1. The molecule has 0 bridgehead atoms. The first-order valence-electron chi connectivity index (χ1n) is 7.86. The largest absolute Gasteiger partial charge is 0.370 e. The van der Waals surface area contributed by atoms with Crippen molar-refractivity contribution < 1.29 is 4.92 Å². The summed E-state index contributed by atoms with van der Waals surface area (Å²) < 4.78 is 0. The topological polar surface area (TPSA) is 71.3 Å². The Hall–Kier alpha value is -1.85. The van der Waals surface area contributed by atoms with Crippen LogP contribution in [0.2, 0.25) is 0 Å². The molecule has 0 spiro atoms. The van der Waals surface area contributed by atoms with Gasteiger partial charge in [-0.25, -0.2) is 4.98 Å². The minimum atomic E-state index is -0.341. The summed E-state index contributed by atoms with van der Waals surface area (Å²) >= 11 is 0. The first-order chi connectivity index (χ1) is 10.2. The maximum Gasteiger partial charge on any atom is 0.276 e. The molecule has 1 aliphatic rings. The Labute approximate surface area is 125 Å². The summed E-state index contributed by atoms with van der Waals surface area (Å²) in [4.78, 5) is 17.5. The van der Waals surface area contributed by atoms with Crippen molar-refractivity contribution in [1.82, 2.24) is 4.98 Å². The lowest BCUT2D eigenvalue weighted by Gasteiger charge is -2.26. The highest BCUT2D eigenvalue weighted by Gasteiger charge is 2.16. The lowest BCUT2D eigenvalue weighted by atomic mass is 10.1. The lowest BCUT2D eigenvalue weighted by Crippen LogP contribution is -2.28. The fourth-order valence-electron chi connectivity index (χ4n) is 2.59. The molecule has 0 aliphatic carbocycles. The molecule has 2 heterocycles. The van der Waals surface area contributed by atoms with Crippen LogP contribution in [-0.2, 0) is 0 Å². The van der Waals surface area contributed by atoms with E-state index in [9.17, 15) is 10.1 Å². The molecule has 6 nitrogen and oxygen atoms in total. The maximum atomic E-state index is 11.1. The van der Waals surface area contributed by atoms with Gasteiger partial charge in [0, 0.05) is 19.6 Å². The zero-order valence-corrected chi connectivity index (χ0v) is 12.7. The molecular weight excluding hydrogens is 268 g/mol. The summed E-state index contributed by atoms with van der Waals surface area (Å²) in [5, 5.41) is 14.3. The third-order valence-corrected chi connectivity index (χ3v) is 3.74. The second-order valence-corrected chi connectivity index (χ2v) is 5.51. The number of nitrogens with one attached hydrogen (secondary N) is 1. The number of anilines is 2. The average Bonchev–Trinajstić information content (AvgIpc) is 2.44. The van der Waals surface area contributed by atoms with Gasteiger partial charge in [-0.15, -0.1) is 0 Å². The van der Waals surface area contributed by atoms with Crippen LogP contribution in [0.3, 0.4) is 0 Å². The van der Waals surface area contributed by atoms with Crippen LogP contribution in [0.4, 0.5) is 17.3 Å². The fourth-order valence-corrected chi connectivity index (χ4v) is 2.59. The number of hydrogen-bond donors (Lipinski definition) is 1. The van der Waals surface area contributed by atoms with Crippen molar-refractivity contribution in [3.05, 3.63) is 22.2 Å². The van der Waals surface area contributed by atoms with E-state index in [0.29, 0.717) is 5.82 Å². The third kappa shape index (κ3) is 4.58. The van der Waals surface area contributed by atoms with Crippen LogP contribution in [0, 0.1) is 10.1 Å². The minimum Gasteiger partial charge on any atom is -0.370 e. The summed E-state index contributed by atoms with van der Waals surface area (Å²) in [6, 6.07) is 3.11. The Morgan fingerprint density at radius 3 is 2.52 bits per heavy atom. The summed E-state index contributed by atoms with van der Waals surface area (Å²) in [5.74, 6) is 1.33. The number of rotatable bonds is 5. The van der Waals surface area contributed by atoms with E-state index in [1.54, 1.807) is 6.07 Å². The van der Waals surface area contributed by atoms with Crippen LogP contribution in [0.5, 0.6) is 0 Å². The van der Waals surface area contributed by atoms with Crippen LogP contribution < -0.4 is 10.2 Å². The van der Waals surface area contributed by atoms with E-state index in [4.69, 9.17) is 0 Å². The predicted octanol–water partition coefficient (Wildman–Crippen LogP) is 3.58. The molecule has 2 rings (SSSR count). The standard InChI is InChI=1S/C15H24N4O2/c1-2-8-16-14-11-13(19(20)21)12-15(17-14)18-9-6-4-3-5-7-10-18/h11-12H,2-10H2,1H3,(H,16,17). The second-order valence-electron chi connectivity index (χ2n) is 5.51. The molecule has 0 amide bonds. The summed E-state index contributed by atoms with van der Waals surface area (Å²) in [7, 11) is 0. The molecule has 1 saturated heterocycles. The first kappa shape index (κ1) is 15.5. The van der Waals surface area contributed by atoms with Crippen LogP contribution >= 0.6 is 0 Å². The quantitative estimate of drug-likeness (QED) is 0.663. The first-order valence-corrected chi connectivity index (χ1v) is 7.86. The smallest absolute Gasteiger partial charge is 0.276 e. The highest BCUT2D eigenvalue weighted by Crippen LogP contribution is 2.25. The molecule has 1 aromatic rings. The van der Waals surface area contributed by atoms with Gasteiger partial charge in [-0.1, -0.05) is 26.2 Å². The highest BCUT2D eigenvalue weighted by molar-refractivity contribution is 5.56. The molecule has 0 radical (unpaired) electrons. The molecule has 6 heteroatoms. The molecule has 1 fully saturated rings. The average molecular weight is 292 g/mol. The minimum absolute atomic E-state index is 0.112. The van der Waals surface area contributed by atoms with Crippen LogP contribution in [-0.4, -0.2) is 29.5 Å². The van der Waals surface area contributed by atoms with E-state index in [-0.39, 0.29) is 10.6 Å². The van der Waals surface area contributed by atoms with E-state index >= 15 is 0 Å². The Morgan fingerprint density at radius 2 is 1.90 bits per heavy atom. The van der Waals surface area contributed by atoms with Gasteiger partial charge < -0.3 is 10.2 Å². The van der Waals surface area contributed by atoms with Crippen molar-refractivity contribution >= 4 is 17.3 Å². The van der Waals surface area contributed by atoms with Gasteiger partial charge in [0.25, 0.3) is 5.69 Å². The normalized spacial score (nSPS) is 16.1. The van der Waals surface area contributed by atoms with E-state index in [1.165, 1.54) is 25.3 Å². The Kier molecular flexibility index (Phi) is 5.78. The lowest BCUT2D eigenvalue weighted by molar-refractivity contribution is -0.384. The van der Waals surface area contributed by atoms with Crippen LogP contribution in [0.1, 0.15) is 45.4 Å². The van der Waals surface area contributed by atoms with E-state index in [2.05, 4.69) is 22.1 Å². The monoisotopic (exact) mass is 292 g/mol. The molecule has 1 N–H and O–H groups in total. The number of hydrogen-bond acceptors (Lipinski definition) is 5. The SMILES string of the molecule is CCCNc1cc([N+](=O)[O-])cc(N2CCCCCCC2)n1. The number of nitrogens with zero attached hydrogens (tertiary/aromatic N) is 3. The van der Waals surface area contributed by atoms with Crippen molar-refractivity contribution in [2.24, 2.45) is 0 Å². The Bertz CT molecular complexity index is 471. The molecule has 0 aromatic carbocycles. The van der Waals surface area contributed by atoms with Crippen LogP contribution in [0.25, 0.3) is 0 Å². The second kappa shape index (κ2) is 7.81. The van der Waals surface area contributed by atoms with E-state index in [1.807, 2.05) is 0 Å². The van der Waals surface area contributed by atoms with Crippen molar-refractivity contribution in [3.63, 3.8) is 0 Å². The maximum absolute atomic E-state index is 11.1. The summed E-state index contributed by atoms with van der Waals surface area (Å²) in [5.41, 5.74) is 0.112. The van der Waals surface area contributed by atoms with Crippen molar-refractivity contribution in [2.75, 3.05) is 29.9 Å². The van der Waals surface area contributed by atoms with Crippen LogP contribution in [0.15, 0.2) is 12.1 Å². The van der Waals surface area contributed by atoms with Gasteiger partial charge in [-0.3, -0.25) is 10.1 Å². The summed E-state index contributed by atoms with van der Waals surface area (Å²) in [6.45, 7) is 4.69. The van der Waals surface area contributed by atoms with Gasteiger partial charge in [0.1, 0.15) is 11.6 Å². The predicted molar refractivity (Wildman–Crippen MR) is 85.0 cm³/mol. The zero-order chi connectivity index (χ0) is 15.1. The molecule has 0 unspecified atom stereocenters. The highest BCUT2D eigenvalue weighted by atomic mass is 16.6. The molecule has 0 saturated carbocycles. The Morgan fingerprint density at radius 1 is 1.24 bits per heavy atom. The van der Waals surface area contributed by atoms with Crippen molar-refractivity contribution in [3.8, 4) is 0 Å². The molecule has 0 atom stereocenters. The van der Waals surface area contributed by atoms with E-state index in [0.717, 1.165) is 44.7 Å². The van der Waals surface area contributed by atoms with Gasteiger partial charge in [0.15, 0.2) is 0 Å².